The van der Waals surface area contributed by atoms with Gasteiger partial charge in [0.2, 0.25) is 0 Å². The number of pyridine rings is 1. The summed E-state index contributed by atoms with van der Waals surface area (Å²) in [6, 6.07) is 14.7. The van der Waals surface area contributed by atoms with E-state index in [9.17, 15) is 9.59 Å². The number of halogens is 1. The summed E-state index contributed by atoms with van der Waals surface area (Å²) in [5, 5.41) is 3.45. The van der Waals surface area contributed by atoms with Gasteiger partial charge in [-0.15, -0.1) is 0 Å². The number of carbonyl (C=O) groups excluding carboxylic acids is 2. The zero-order valence-corrected chi connectivity index (χ0v) is 16.0. The Morgan fingerprint density at radius 2 is 1.86 bits per heavy atom. The second-order valence-corrected chi connectivity index (χ2v) is 7.15. The van der Waals surface area contributed by atoms with Crippen molar-refractivity contribution in [1.29, 1.82) is 0 Å². The summed E-state index contributed by atoms with van der Waals surface area (Å²) < 4.78 is 0. The average Bonchev–Trinajstić information content (AvgIpc) is 3.14. The lowest BCUT2D eigenvalue weighted by Crippen LogP contribution is -2.29. The van der Waals surface area contributed by atoms with Crippen molar-refractivity contribution in [2.24, 2.45) is 0 Å². The van der Waals surface area contributed by atoms with Gasteiger partial charge in [-0.1, -0.05) is 29.8 Å². The van der Waals surface area contributed by atoms with Gasteiger partial charge in [0.25, 0.3) is 11.8 Å². The molecule has 0 saturated heterocycles. The van der Waals surface area contributed by atoms with Gasteiger partial charge in [0.05, 0.1) is 11.1 Å². The van der Waals surface area contributed by atoms with Crippen LogP contribution in [0.5, 0.6) is 0 Å². The number of hydrogen-bond donors (Lipinski definition) is 1. The molecule has 0 unspecified atom stereocenters. The van der Waals surface area contributed by atoms with Crippen LogP contribution in [-0.4, -0.2) is 23.3 Å². The number of benzene rings is 2. The van der Waals surface area contributed by atoms with Crippen molar-refractivity contribution in [3.05, 3.63) is 88.2 Å². The third kappa shape index (κ3) is 3.49. The van der Waals surface area contributed by atoms with Crippen LogP contribution in [0, 0.1) is 6.92 Å². The number of aromatic nitrogens is 1. The molecule has 0 saturated carbocycles. The van der Waals surface area contributed by atoms with E-state index in [1.54, 1.807) is 29.2 Å². The summed E-state index contributed by atoms with van der Waals surface area (Å²) in [4.78, 5) is 31.4. The van der Waals surface area contributed by atoms with Gasteiger partial charge in [-0.3, -0.25) is 14.6 Å². The molecule has 1 aliphatic heterocycles. The van der Waals surface area contributed by atoms with E-state index < -0.39 is 0 Å². The summed E-state index contributed by atoms with van der Waals surface area (Å²) in [5.74, 6) is -0.482. The molecule has 3 aromatic rings. The largest absolute Gasteiger partial charge is 0.322 e. The summed E-state index contributed by atoms with van der Waals surface area (Å²) >= 11 is 5.96. The molecule has 0 radical (unpaired) electrons. The van der Waals surface area contributed by atoms with Crippen LogP contribution in [0.25, 0.3) is 0 Å². The van der Waals surface area contributed by atoms with E-state index in [0.717, 1.165) is 23.2 Å². The number of fused-ring (bicyclic) bond motifs is 1. The van der Waals surface area contributed by atoms with E-state index in [4.69, 9.17) is 11.6 Å². The lowest BCUT2D eigenvalue weighted by molar-refractivity contribution is 0.0989. The Kier molecular flexibility index (Phi) is 4.84. The molecule has 2 amide bonds. The zero-order chi connectivity index (χ0) is 19.7. The maximum Gasteiger partial charge on any atom is 0.259 e. The maximum absolute atomic E-state index is 13.0. The molecule has 0 fully saturated rings. The Hall–Kier alpha value is -3.18. The average molecular weight is 392 g/mol. The number of nitrogens with one attached hydrogen (secondary N) is 1. The highest BCUT2D eigenvalue weighted by Crippen LogP contribution is 2.29. The molecule has 0 spiro atoms. The van der Waals surface area contributed by atoms with Crippen molar-refractivity contribution in [1.82, 2.24) is 4.98 Å². The predicted octanol–water partition coefficient (Wildman–Crippen LogP) is 4.50. The lowest BCUT2D eigenvalue weighted by atomic mass is 10.1. The summed E-state index contributed by atoms with van der Waals surface area (Å²) in [7, 11) is 0. The highest BCUT2D eigenvalue weighted by atomic mass is 35.5. The molecule has 140 valence electrons. The predicted molar refractivity (Wildman–Crippen MR) is 110 cm³/mol. The number of aryl methyl sites for hydroxylation is 1. The van der Waals surface area contributed by atoms with E-state index in [-0.39, 0.29) is 11.8 Å². The molecule has 5 nitrogen and oxygen atoms in total. The summed E-state index contributed by atoms with van der Waals surface area (Å²) in [6.07, 6.45) is 3.77. The van der Waals surface area contributed by atoms with Gasteiger partial charge >= 0.3 is 0 Å². The van der Waals surface area contributed by atoms with E-state index >= 15 is 0 Å². The maximum atomic E-state index is 13.0. The number of carbonyl (C=O) groups is 2. The van der Waals surface area contributed by atoms with Crippen LogP contribution >= 0.6 is 11.6 Å². The minimum atomic E-state index is -0.325. The van der Waals surface area contributed by atoms with Crippen molar-refractivity contribution in [2.75, 3.05) is 16.8 Å². The van der Waals surface area contributed by atoms with Gasteiger partial charge in [-0.05, 0) is 54.8 Å². The van der Waals surface area contributed by atoms with Gasteiger partial charge in [-0.2, -0.15) is 0 Å². The highest BCUT2D eigenvalue weighted by Gasteiger charge is 2.25. The SMILES string of the molecule is Cc1cc(Cl)ccc1NC(=O)c1cncc(C(=O)N2CCc3ccccc32)c1. The van der Waals surface area contributed by atoms with Crippen molar-refractivity contribution in [2.45, 2.75) is 13.3 Å². The molecule has 6 heteroatoms. The highest BCUT2D eigenvalue weighted by molar-refractivity contribution is 6.30. The van der Waals surface area contributed by atoms with Crippen molar-refractivity contribution in [3.63, 3.8) is 0 Å². The molecule has 1 aliphatic rings. The number of anilines is 2. The first kappa shape index (κ1) is 18.2. The minimum absolute atomic E-state index is 0.158. The van der Waals surface area contributed by atoms with E-state index in [0.29, 0.717) is 28.4 Å². The summed E-state index contributed by atoms with van der Waals surface area (Å²) in [6.45, 7) is 2.49. The first-order valence-corrected chi connectivity index (χ1v) is 9.33. The number of nitrogens with zero attached hydrogens (tertiary/aromatic N) is 2. The van der Waals surface area contributed by atoms with Crippen LogP contribution in [0.3, 0.4) is 0 Å². The minimum Gasteiger partial charge on any atom is -0.322 e. The topological polar surface area (TPSA) is 62.3 Å². The molecule has 2 aromatic carbocycles. The Balaban J connectivity index is 1.56. The third-order valence-corrected chi connectivity index (χ3v) is 5.05. The van der Waals surface area contributed by atoms with E-state index in [2.05, 4.69) is 10.3 Å². The van der Waals surface area contributed by atoms with Crippen LogP contribution in [0.4, 0.5) is 11.4 Å². The lowest BCUT2D eigenvalue weighted by Gasteiger charge is -2.17. The first-order valence-electron chi connectivity index (χ1n) is 8.95. The Morgan fingerprint density at radius 1 is 1.07 bits per heavy atom. The number of para-hydroxylation sites is 1. The molecule has 1 N–H and O–H groups in total. The second-order valence-electron chi connectivity index (χ2n) is 6.71. The molecule has 0 bridgehead atoms. The van der Waals surface area contributed by atoms with Gasteiger partial charge in [0.1, 0.15) is 0 Å². The third-order valence-electron chi connectivity index (χ3n) is 4.82. The smallest absolute Gasteiger partial charge is 0.259 e. The summed E-state index contributed by atoms with van der Waals surface area (Å²) in [5.41, 5.74) is 4.30. The van der Waals surface area contributed by atoms with Crippen molar-refractivity contribution >= 4 is 34.8 Å². The van der Waals surface area contributed by atoms with Gasteiger partial charge in [0, 0.05) is 35.3 Å². The fourth-order valence-electron chi connectivity index (χ4n) is 3.35. The Bertz CT molecular complexity index is 1080. The molecule has 0 atom stereocenters. The van der Waals surface area contributed by atoms with Crippen molar-refractivity contribution in [3.8, 4) is 0 Å². The normalized spacial score (nSPS) is 12.6. The van der Waals surface area contributed by atoms with Gasteiger partial charge in [-0.25, -0.2) is 0 Å². The van der Waals surface area contributed by atoms with Crippen molar-refractivity contribution < 1.29 is 9.59 Å². The van der Waals surface area contributed by atoms with Crippen LogP contribution < -0.4 is 10.2 Å². The number of rotatable bonds is 3. The molecular weight excluding hydrogens is 374 g/mol. The first-order chi connectivity index (χ1) is 13.5. The number of amides is 2. The second kappa shape index (κ2) is 7.44. The Labute approximate surface area is 168 Å². The molecule has 28 heavy (non-hydrogen) atoms. The monoisotopic (exact) mass is 391 g/mol. The molecule has 2 heterocycles. The van der Waals surface area contributed by atoms with Gasteiger partial charge in [0.15, 0.2) is 0 Å². The molecule has 4 rings (SSSR count). The molecule has 1 aromatic heterocycles. The fourth-order valence-corrected chi connectivity index (χ4v) is 3.57. The molecular formula is C22H18ClN3O2. The van der Waals surface area contributed by atoms with Crippen LogP contribution in [0.15, 0.2) is 60.9 Å². The standard InChI is InChI=1S/C22H18ClN3O2/c1-14-10-18(23)6-7-19(14)25-21(27)16-11-17(13-24-12-16)22(28)26-9-8-15-4-2-3-5-20(15)26/h2-7,10-13H,8-9H2,1H3,(H,25,27). The number of hydrogen-bond acceptors (Lipinski definition) is 3. The van der Waals surface area contributed by atoms with Gasteiger partial charge < -0.3 is 10.2 Å². The Morgan fingerprint density at radius 3 is 2.68 bits per heavy atom. The van der Waals surface area contributed by atoms with E-state index in [1.165, 1.54) is 12.4 Å². The van der Waals surface area contributed by atoms with Crippen LogP contribution in [-0.2, 0) is 6.42 Å². The fraction of sp³-hybridized carbons (Fsp3) is 0.136. The quantitative estimate of drug-likeness (QED) is 0.715. The zero-order valence-electron chi connectivity index (χ0n) is 15.3. The molecule has 0 aliphatic carbocycles. The van der Waals surface area contributed by atoms with E-state index in [1.807, 2.05) is 31.2 Å². The van der Waals surface area contributed by atoms with Crippen LogP contribution in [0.1, 0.15) is 31.8 Å². The van der Waals surface area contributed by atoms with Crippen LogP contribution in [0.2, 0.25) is 5.02 Å².